The predicted octanol–water partition coefficient (Wildman–Crippen LogP) is 2.83. The molecule has 96 valence electrons. The van der Waals surface area contributed by atoms with Crippen LogP contribution in [0.25, 0.3) is 6.08 Å². The van der Waals surface area contributed by atoms with Crippen LogP contribution in [0.4, 0.5) is 0 Å². The standard InChI is InChI=1S/C14H25N3/c1-10(9-15-14(4,5)6)8-13-11(2)16-17(7)12(13)3/h8,15H,9H2,1-7H3. The van der Waals surface area contributed by atoms with Gasteiger partial charge < -0.3 is 5.32 Å². The molecule has 1 heterocycles. The van der Waals surface area contributed by atoms with Gasteiger partial charge in [0, 0.05) is 30.4 Å². The molecule has 1 aromatic rings. The minimum absolute atomic E-state index is 0.161. The van der Waals surface area contributed by atoms with Crippen molar-refractivity contribution in [2.75, 3.05) is 6.54 Å². The van der Waals surface area contributed by atoms with Crippen LogP contribution in [0.15, 0.2) is 5.57 Å². The summed E-state index contributed by atoms with van der Waals surface area (Å²) in [5.41, 5.74) is 5.06. The quantitative estimate of drug-likeness (QED) is 0.873. The molecular formula is C14H25N3. The zero-order valence-electron chi connectivity index (χ0n) is 12.2. The van der Waals surface area contributed by atoms with E-state index in [0.29, 0.717) is 0 Å². The van der Waals surface area contributed by atoms with Crippen molar-refractivity contribution >= 4 is 6.08 Å². The molecule has 1 N–H and O–H groups in total. The highest BCUT2D eigenvalue weighted by molar-refractivity contribution is 5.57. The topological polar surface area (TPSA) is 29.9 Å². The Morgan fingerprint density at radius 3 is 2.35 bits per heavy atom. The van der Waals surface area contributed by atoms with Crippen molar-refractivity contribution < 1.29 is 0 Å². The van der Waals surface area contributed by atoms with Crippen molar-refractivity contribution in [2.45, 2.75) is 47.1 Å². The van der Waals surface area contributed by atoms with E-state index in [-0.39, 0.29) is 5.54 Å². The Morgan fingerprint density at radius 2 is 1.94 bits per heavy atom. The van der Waals surface area contributed by atoms with Gasteiger partial charge in [-0.3, -0.25) is 4.68 Å². The van der Waals surface area contributed by atoms with Gasteiger partial charge in [-0.15, -0.1) is 0 Å². The summed E-state index contributed by atoms with van der Waals surface area (Å²) < 4.78 is 1.94. The van der Waals surface area contributed by atoms with Gasteiger partial charge in [-0.2, -0.15) is 5.10 Å². The summed E-state index contributed by atoms with van der Waals surface area (Å²) in [4.78, 5) is 0. The second kappa shape index (κ2) is 5.05. The minimum atomic E-state index is 0.161. The second-order valence-corrected chi connectivity index (χ2v) is 5.80. The maximum absolute atomic E-state index is 4.42. The van der Waals surface area contributed by atoms with Gasteiger partial charge in [0.2, 0.25) is 0 Å². The van der Waals surface area contributed by atoms with Crippen molar-refractivity contribution in [3.8, 4) is 0 Å². The maximum atomic E-state index is 4.42. The number of aryl methyl sites for hydroxylation is 2. The normalized spacial score (nSPS) is 13.2. The van der Waals surface area contributed by atoms with Crippen LogP contribution in [0.2, 0.25) is 0 Å². The zero-order chi connectivity index (χ0) is 13.2. The first-order valence-electron chi connectivity index (χ1n) is 6.13. The van der Waals surface area contributed by atoms with Gasteiger partial charge in [-0.1, -0.05) is 11.6 Å². The summed E-state index contributed by atoms with van der Waals surface area (Å²) in [6, 6.07) is 0. The lowest BCUT2D eigenvalue weighted by Crippen LogP contribution is -2.36. The molecule has 0 aliphatic carbocycles. The first-order chi connectivity index (χ1) is 7.70. The number of hydrogen-bond donors (Lipinski definition) is 1. The third kappa shape index (κ3) is 4.00. The Hall–Kier alpha value is -1.09. The average Bonchev–Trinajstić information content (AvgIpc) is 2.41. The van der Waals surface area contributed by atoms with Crippen LogP contribution in [-0.2, 0) is 7.05 Å². The van der Waals surface area contributed by atoms with E-state index in [2.05, 4.69) is 58.0 Å². The molecule has 0 fully saturated rings. The summed E-state index contributed by atoms with van der Waals surface area (Å²) >= 11 is 0. The maximum Gasteiger partial charge on any atom is 0.0668 e. The van der Waals surface area contributed by atoms with Gasteiger partial charge in [0.15, 0.2) is 0 Å². The Bertz CT molecular complexity index is 419. The fraction of sp³-hybridized carbons (Fsp3) is 0.643. The number of nitrogens with zero attached hydrogens (tertiary/aromatic N) is 2. The van der Waals surface area contributed by atoms with Gasteiger partial charge in [0.1, 0.15) is 0 Å². The predicted molar refractivity (Wildman–Crippen MR) is 74.1 cm³/mol. The van der Waals surface area contributed by atoms with Gasteiger partial charge >= 0.3 is 0 Å². The number of aromatic nitrogens is 2. The molecule has 3 heteroatoms. The minimum Gasteiger partial charge on any atom is -0.308 e. The van der Waals surface area contributed by atoms with Gasteiger partial charge in [0.25, 0.3) is 0 Å². The number of rotatable bonds is 3. The monoisotopic (exact) mass is 235 g/mol. The molecule has 0 bridgehead atoms. The summed E-state index contributed by atoms with van der Waals surface area (Å²) in [5, 5.41) is 7.92. The van der Waals surface area contributed by atoms with E-state index in [0.717, 1.165) is 12.2 Å². The molecule has 0 amide bonds. The van der Waals surface area contributed by atoms with Crippen LogP contribution in [-0.4, -0.2) is 21.9 Å². The van der Waals surface area contributed by atoms with Gasteiger partial charge in [-0.05, 0) is 41.5 Å². The molecule has 3 nitrogen and oxygen atoms in total. The average molecular weight is 235 g/mol. The highest BCUT2D eigenvalue weighted by Gasteiger charge is 2.10. The molecule has 0 unspecified atom stereocenters. The Kier molecular flexibility index (Phi) is 4.15. The Labute approximate surface area is 105 Å². The van der Waals surface area contributed by atoms with Crippen LogP contribution in [0.1, 0.15) is 44.6 Å². The van der Waals surface area contributed by atoms with Crippen LogP contribution >= 0.6 is 0 Å². The van der Waals surface area contributed by atoms with Crippen LogP contribution in [0.3, 0.4) is 0 Å². The molecule has 0 radical (unpaired) electrons. The summed E-state index contributed by atoms with van der Waals surface area (Å²) in [6.07, 6.45) is 2.23. The lowest BCUT2D eigenvalue weighted by Gasteiger charge is -2.20. The summed E-state index contributed by atoms with van der Waals surface area (Å²) in [6.45, 7) is 13.8. The molecular weight excluding hydrogens is 210 g/mol. The van der Waals surface area contributed by atoms with E-state index in [1.807, 2.05) is 11.7 Å². The largest absolute Gasteiger partial charge is 0.308 e. The molecule has 0 saturated heterocycles. The van der Waals surface area contributed by atoms with Crippen molar-refractivity contribution in [3.05, 3.63) is 22.5 Å². The molecule has 0 atom stereocenters. The van der Waals surface area contributed by atoms with Crippen molar-refractivity contribution in [1.29, 1.82) is 0 Å². The Morgan fingerprint density at radius 1 is 1.35 bits per heavy atom. The van der Waals surface area contributed by atoms with E-state index in [4.69, 9.17) is 0 Å². The first kappa shape index (κ1) is 14.0. The lowest BCUT2D eigenvalue weighted by molar-refractivity contribution is 0.445. The smallest absolute Gasteiger partial charge is 0.0668 e. The van der Waals surface area contributed by atoms with Crippen molar-refractivity contribution in [3.63, 3.8) is 0 Å². The molecule has 0 aliphatic rings. The third-order valence-corrected chi connectivity index (χ3v) is 2.85. The fourth-order valence-corrected chi connectivity index (χ4v) is 1.70. The molecule has 0 aromatic carbocycles. The molecule has 0 aliphatic heterocycles. The van der Waals surface area contributed by atoms with Gasteiger partial charge in [0.05, 0.1) is 5.69 Å². The SMILES string of the molecule is CC(=Cc1c(C)nn(C)c1C)CNC(C)(C)C. The number of hydrogen-bond acceptors (Lipinski definition) is 2. The molecule has 17 heavy (non-hydrogen) atoms. The summed E-state index contributed by atoms with van der Waals surface area (Å²) in [5.74, 6) is 0. The van der Waals surface area contributed by atoms with Crippen molar-refractivity contribution in [1.82, 2.24) is 15.1 Å². The molecule has 1 aromatic heterocycles. The Balaban J connectivity index is 2.81. The van der Waals surface area contributed by atoms with Crippen molar-refractivity contribution in [2.24, 2.45) is 7.05 Å². The van der Waals surface area contributed by atoms with E-state index >= 15 is 0 Å². The highest BCUT2D eigenvalue weighted by Crippen LogP contribution is 2.16. The molecule has 0 spiro atoms. The highest BCUT2D eigenvalue weighted by atomic mass is 15.3. The van der Waals surface area contributed by atoms with E-state index in [1.165, 1.54) is 16.8 Å². The van der Waals surface area contributed by atoms with Crippen LogP contribution < -0.4 is 5.32 Å². The van der Waals surface area contributed by atoms with Crippen LogP contribution in [0.5, 0.6) is 0 Å². The second-order valence-electron chi connectivity index (χ2n) is 5.80. The van der Waals surface area contributed by atoms with E-state index in [1.54, 1.807) is 0 Å². The molecule has 0 saturated carbocycles. The third-order valence-electron chi connectivity index (χ3n) is 2.85. The molecule has 1 rings (SSSR count). The van der Waals surface area contributed by atoms with Crippen LogP contribution in [0, 0.1) is 13.8 Å². The lowest BCUT2D eigenvalue weighted by atomic mass is 10.1. The van der Waals surface area contributed by atoms with Gasteiger partial charge in [-0.25, -0.2) is 0 Å². The number of nitrogens with one attached hydrogen (secondary N) is 1. The first-order valence-corrected chi connectivity index (χ1v) is 6.13. The fourth-order valence-electron chi connectivity index (χ4n) is 1.70. The van der Waals surface area contributed by atoms with E-state index < -0.39 is 0 Å². The zero-order valence-corrected chi connectivity index (χ0v) is 12.2. The van der Waals surface area contributed by atoms with E-state index in [9.17, 15) is 0 Å². The summed E-state index contributed by atoms with van der Waals surface area (Å²) in [7, 11) is 1.99.